The molecular formula is C7H8I2Si. The number of benzene rings is 1. The fourth-order valence-corrected chi connectivity index (χ4v) is 4.47. The van der Waals surface area contributed by atoms with Crippen LogP contribution in [0.3, 0.4) is 0 Å². The smallest absolute Gasteiger partial charge is 0.109 e. The predicted molar refractivity (Wildman–Crippen MR) is 65.3 cm³/mol. The summed E-state index contributed by atoms with van der Waals surface area (Å²) in [7, 11) is 0. The molecule has 1 aromatic carbocycles. The molecule has 0 atom stereocenters. The molecule has 0 aliphatic rings. The fourth-order valence-electron chi connectivity index (χ4n) is 0.792. The van der Waals surface area contributed by atoms with Gasteiger partial charge in [-0.25, -0.2) is 0 Å². The van der Waals surface area contributed by atoms with Crippen LogP contribution in [-0.2, 0) is 6.04 Å². The van der Waals surface area contributed by atoms with E-state index in [-0.39, 0.29) is 0 Å². The van der Waals surface area contributed by atoms with Crippen molar-refractivity contribution in [3.8, 4) is 0 Å². The molecule has 0 amide bonds. The second kappa shape index (κ2) is 4.71. The molecule has 54 valence electrons. The van der Waals surface area contributed by atoms with Crippen LogP contribution in [0.25, 0.3) is 0 Å². The molecule has 0 radical (unpaired) electrons. The highest BCUT2D eigenvalue weighted by atomic mass is 127. The number of hydrogen-bond donors (Lipinski definition) is 0. The summed E-state index contributed by atoms with van der Waals surface area (Å²) >= 11 is 5.14. The third kappa shape index (κ3) is 3.34. The van der Waals surface area contributed by atoms with Gasteiger partial charge < -0.3 is 0 Å². The van der Waals surface area contributed by atoms with Crippen molar-refractivity contribution < 1.29 is 0 Å². The molecular weight excluding hydrogens is 366 g/mol. The van der Waals surface area contributed by atoms with Gasteiger partial charge in [0, 0.05) is 0 Å². The Labute approximate surface area is 88.4 Å². The Morgan fingerprint density at radius 1 is 1.10 bits per heavy atom. The van der Waals surface area contributed by atoms with Crippen LogP contribution in [-0.4, -0.2) is 3.79 Å². The quantitative estimate of drug-likeness (QED) is 0.425. The van der Waals surface area contributed by atoms with Crippen molar-refractivity contribution in [3.05, 3.63) is 35.9 Å². The van der Waals surface area contributed by atoms with Crippen molar-refractivity contribution in [1.29, 1.82) is 0 Å². The van der Waals surface area contributed by atoms with Crippen molar-refractivity contribution in [3.63, 3.8) is 0 Å². The van der Waals surface area contributed by atoms with Crippen LogP contribution in [0.15, 0.2) is 30.3 Å². The average molecular weight is 374 g/mol. The lowest BCUT2D eigenvalue weighted by Gasteiger charge is -1.98. The highest BCUT2D eigenvalue weighted by Gasteiger charge is 1.99. The molecule has 1 rings (SSSR count). The first-order chi connectivity index (χ1) is 4.79. The van der Waals surface area contributed by atoms with Crippen LogP contribution in [0.2, 0.25) is 0 Å². The van der Waals surface area contributed by atoms with Gasteiger partial charge in [0.25, 0.3) is 0 Å². The van der Waals surface area contributed by atoms with Gasteiger partial charge in [-0.3, -0.25) is 0 Å². The maximum atomic E-state index is 2.57. The Morgan fingerprint density at radius 3 is 2.20 bits per heavy atom. The zero-order valence-electron chi connectivity index (χ0n) is 5.43. The van der Waals surface area contributed by atoms with Crippen molar-refractivity contribution >= 4 is 47.4 Å². The highest BCUT2D eigenvalue weighted by molar-refractivity contribution is 14.3. The Kier molecular flexibility index (Phi) is 4.23. The third-order valence-electron chi connectivity index (χ3n) is 1.23. The lowest BCUT2D eigenvalue weighted by molar-refractivity contribution is 1.40. The molecule has 0 bridgehead atoms. The van der Waals surface area contributed by atoms with Crippen molar-refractivity contribution in [2.75, 3.05) is 0 Å². The van der Waals surface area contributed by atoms with E-state index < -0.39 is 3.79 Å². The van der Waals surface area contributed by atoms with Gasteiger partial charge in [0.15, 0.2) is 3.79 Å². The Morgan fingerprint density at radius 2 is 1.70 bits per heavy atom. The highest BCUT2D eigenvalue weighted by Crippen LogP contribution is 2.11. The van der Waals surface area contributed by atoms with Gasteiger partial charge in [0.2, 0.25) is 0 Å². The van der Waals surface area contributed by atoms with E-state index >= 15 is 0 Å². The number of hydrogen-bond acceptors (Lipinski definition) is 0. The molecule has 10 heavy (non-hydrogen) atoms. The minimum atomic E-state index is -0.457. The minimum Gasteiger partial charge on any atom is -0.109 e. The molecule has 0 aliphatic heterocycles. The molecule has 0 saturated carbocycles. The lowest BCUT2D eigenvalue weighted by atomic mass is 10.2. The second-order valence-electron chi connectivity index (χ2n) is 2.08. The maximum absolute atomic E-state index is 2.57. The summed E-state index contributed by atoms with van der Waals surface area (Å²) in [5, 5.41) is 0. The van der Waals surface area contributed by atoms with Crippen LogP contribution in [0.5, 0.6) is 0 Å². The molecule has 3 heteroatoms. The average Bonchev–Trinajstić information content (AvgIpc) is 1.88. The minimum absolute atomic E-state index is 0.457. The summed E-state index contributed by atoms with van der Waals surface area (Å²) in [6.45, 7) is 0. The van der Waals surface area contributed by atoms with Gasteiger partial charge in [-0.05, 0) is 11.6 Å². The molecule has 0 spiro atoms. The predicted octanol–water partition coefficient (Wildman–Crippen LogP) is 2.86. The van der Waals surface area contributed by atoms with Gasteiger partial charge in [-0.15, -0.1) is 43.6 Å². The summed E-state index contributed by atoms with van der Waals surface area (Å²) in [6.07, 6.45) is 0. The van der Waals surface area contributed by atoms with Crippen molar-refractivity contribution in [2.24, 2.45) is 0 Å². The molecule has 0 unspecified atom stereocenters. The van der Waals surface area contributed by atoms with Gasteiger partial charge in [-0.1, -0.05) is 30.3 Å². The molecule has 0 heterocycles. The molecule has 0 aliphatic carbocycles. The maximum Gasteiger partial charge on any atom is 0.181 e. The summed E-state index contributed by atoms with van der Waals surface area (Å²) < 4.78 is -0.457. The molecule has 0 fully saturated rings. The largest absolute Gasteiger partial charge is 0.181 e. The number of rotatable bonds is 2. The Bertz CT molecular complexity index is 186. The van der Waals surface area contributed by atoms with E-state index in [1.165, 1.54) is 11.6 Å². The van der Waals surface area contributed by atoms with Crippen LogP contribution < -0.4 is 0 Å². The topological polar surface area (TPSA) is 0 Å². The van der Waals surface area contributed by atoms with E-state index in [2.05, 4.69) is 73.9 Å². The van der Waals surface area contributed by atoms with Gasteiger partial charge in [0.05, 0.1) is 0 Å². The zero-order valence-corrected chi connectivity index (χ0v) is 10.9. The second-order valence-corrected chi connectivity index (χ2v) is 19.4. The first-order valence-electron chi connectivity index (χ1n) is 3.11. The van der Waals surface area contributed by atoms with Crippen LogP contribution in [0.4, 0.5) is 0 Å². The van der Waals surface area contributed by atoms with Crippen LogP contribution in [0.1, 0.15) is 5.56 Å². The molecule has 0 N–H and O–H groups in total. The normalized spacial score (nSPS) is 10.3. The summed E-state index contributed by atoms with van der Waals surface area (Å²) in [5.74, 6) is 0. The van der Waals surface area contributed by atoms with Gasteiger partial charge >= 0.3 is 0 Å². The van der Waals surface area contributed by atoms with E-state index in [0.717, 1.165) is 0 Å². The summed E-state index contributed by atoms with van der Waals surface area (Å²) in [5.41, 5.74) is 1.49. The first-order valence-corrected chi connectivity index (χ1v) is 12.3. The molecule has 0 aromatic heterocycles. The van der Waals surface area contributed by atoms with Crippen molar-refractivity contribution in [1.82, 2.24) is 0 Å². The summed E-state index contributed by atoms with van der Waals surface area (Å²) in [6, 6.07) is 12.0. The SMILES string of the molecule is I[SiH](I)Cc1ccccc1. The zero-order chi connectivity index (χ0) is 7.40. The Hall–Kier alpha value is 0.897. The summed E-state index contributed by atoms with van der Waals surface area (Å²) in [4.78, 5) is 0. The number of halogens is 2. The van der Waals surface area contributed by atoms with E-state index in [1.807, 2.05) is 0 Å². The molecule has 1 aromatic rings. The van der Waals surface area contributed by atoms with Crippen molar-refractivity contribution in [2.45, 2.75) is 6.04 Å². The van der Waals surface area contributed by atoms with E-state index in [4.69, 9.17) is 0 Å². The van der Waals surface area contributed by atoms with E-state index in [0.29, 0.717) is 0 Å². The monoisotopic (exact) mass is 374 g/mol. The van der Waals surface area contributed by atoms with E-state index in [9.17, 15) is 0 Å². The standard InChI is InChI=1S/C7H8I2Si/c8-10(9)6-7-4-2-1-3-5-7/h1-5,10H,6H2. The first kappa shape index (κ1) is 8.99. The van der Waals surface area contributed by atoms with Crippen LogP contribution >= 0.6 is 43.6 Å². The Balaban J connectivity index is 2.59. The molecule has 0 nitrogen and oxygen atoms in total. The van der Waals surface area contributed by atoms with Crippen LogP contribution in [0, 0.1) is 0 Å². The van der Waals surface area contributed by atoms with Gasteiger partial charge in [-0.2, -0.15) is 0 Å². The van der Waals surface area contributed by atoms with E-state index in [1.54, 1.807) is 0 Å². The third-order valence-corrected chi connectivity index (χ3v) is 4.66. The molecule has 0 saturated heterocycles. The fraction of sp³-hybridized carbons (Fsp3) is 0.143. The lowest BCUT2D eigenvalue weighted by Crippen LogP contribution is -1.96. The van der Waals surface area contributed by atoms with Gasteiger partial charge in [0.1, 0.15) is 0 Å².